The number of carbonyl (C=O) groups excluding carboxylic acids is 4. The van der Waals surface area contributed by atoms with Crippen LogP contribution in [0.25, 0.3) is 0 Å². The normalized spacial score (nSPS) is 14.6. The van der Waals surface area contributed by atoms with Gasteiger partial charge in [-0.25, -0.2) is 9.13 Å². The summed E-state index contributed by atoms with van der Waals surface area (Å²) in [6.45, 7) is 4.54. The second-order valence-corrected chi connectivity index (χ2v) is 28.8. The van der Waals surface area contributed by atoms with Crippen LogP contribution in [0.15, 0.2) is 134 Å². The highest BCUT2D eigenvalue weighted by Gasteiger charge is 2.30. The minimum atomic E-state index is -4.99. The monoisotopic (exact) mass is 1470 g/mol. The van der Waals surface area contributed by atoms with Crippen LogP contribution in [0.2, 0.25) is 0 Å². The molecule has 0 rings (SSSR count). The first kappa shape index (κ1) is 97.2. The summed E-state index contributed by atoms with van der Waals surface area (Å²) >= 11 is 0. The second kappa shape index (κ2) is 74.5. The van der Waals surface area contributed by atoms with Crippen molar-refractivity contribution in [3.05, 3.63) is 134 Å². The van der Waals surface area contributed by atoms with E-state index in [1.54, 1.807) is 0 Å². The molecule has 102 heavy (non-hydrogen) atoms. The largest absolute Gasteiger partial charge is 0.472 e. The molecule has 0 bridgehead atoms. The van der Waals surface area contributed by atoms with E-state index < -0.39 is 97.5 Å². The molecule has 3 N–H and O–H groups in total. The van der Waals surface area contributed by atoms with E-state index in [1.165, 1.54) is 57.8 Å². The van der Waals surface area contributed by atoms with Crippen LogP contribution in [-0.2, 0) is 65.4 Å². The van der Waals surface area contributed by atoms with E-state index in [0.717, 1.165) is 173 Å². The molecule has 0 saturated carbocycles. The number of unbranched alkanes of at least 4 members (excludes halogenated alkanes) is 25. The Morgan fingerprint density at radius 1 is 0.284 bits per heavy atom. The van der Waals surface area contributed by atoms with Gasteiger partial charge in [-0.05, 0) is 141 Å². The number of phosphoric ester groups is 2. The maximum absolute atomic E-state index is 13.1. The average Bonchev–Trinajstić information content (AvgIpc) is 0.921. The summed E-state index contributed by atoms with van der Waals surface area (Å²) in [4.78, 5) is 72.9. The Morgan fingerprint density at radius 3 is 0.814 bits per heavy atom. The molecule has 0 radical (unpaired) electrons. The summed E-state index contributed by atoms with van der Waals surface area (Å²) in [5.41, 5.74) is 0. The minimum absolute atomic E-state index is 0.0557. The topological polar surface area (TPSA) is 237 Å². The second-order valence-electron chi connectivity index (χ2n) is 25.9. The molecule has 5 unspecified atom stereocenters. The smallest absolute Gasteiger partial charge is 0.462 e. The molecule has 17 nitrogen and oxygen atoms in total. The lowest BCUT2D eigenvalue weighted by Crippen LogP contribution is -2.30. The molecular weight excluding hydrogens is 1330 g/mol. The third kappa shape index (κ3) is 73.5. The summed E-state index contributed by atoms with van der Waals surface area (Å²) < 4.78 is 68.5. The number of aliphatic hydroxyl groups excluding tert-OH is 1. The molecule has 0 saturated heterocycles. The SMILES string of the molecule is CC/C=C\C/C=C\C/C=C\C/C=C\C/C=C\CCCCCC(=O)OCC(COP(=O)(O)OCC(O)COP(=O)(O)OCC(COC(=O)CCCCCCC/C=C\C/C=C\CCCCC)OC(=O)CCCCCCCCCCCCC)OC(=O)CCCCCC/C=C\C/C=C\C/C=C\C/C=C\CC. The van der Waals surface area contributed by atoms with E-state index in [4.69, 9.17) is 37.0 Å². The summed E-state index contributed by atoms with van der Waals surface area (Å²) in [5.74, 6) is -2.25. The quantitative estimate of drug-likeness (QED) is 0.0169. The summed E-state index contributed by atoms with van der Waals surface area (Å²) in [5, 5.41) is 10.6. The lowest BCUT2D eigenvalue weighted by molar-refractivity contribution is -0.161. The fraction of sp³-hybridized carbons (Fsp3) is 0.687. The van der Waals surface area contributed by atoms with Crippen LogP contribution >= 0.6 is 15.6 Å². The maximum Gasteiger partial charge on any atom is 0.472 e. The lowest BCUT2D eigenvalue weighted by Gasteiger charge is -2.21. The van der Waals surface area contributed by atoms with Gasteiger partial charge in [-0.15, -0.1) is 0 Å². The van der Waals surface area contributed by atoms with E-state index in [9.17, 15) is 43.2 Å². The van der Waals surface area contributed by atoms with Crippen molar-refractivity contribution >= 4 is 39.5 Å². The van der Waals surface area contributed by atoms with Gasteiger partial charge < -0.3 is 33.8 Å². The van der Waals surface area contributed by atoms with Crippen LogP contribution in [0.4, 0.5) is 0 Å². The molecule has 0 heterocycles. The Bertz CT molecular complexity index is 2460. The first-order valence-electron chi connectivity index (χ1n) is 39.4. The highest BCUT2D eigenvalue weighted by atomic mass is 31.2. The number of aliphatic hydroxyl groups is 1. The molecule has 0 amide bonds. The van der Waals surface area contributed by atoms with Gasteiger partial charge in [0, 0.05) is 25.7 Å². The van der Waals surface area contributed by atoms with Crippen LogP contribution in [0.3, 0.4) is 0 Å². The zero-order valence-corrected chi connectivity index (χ0v) is 65.5. The van der Waals surface area contributed by atoms with Gasteiger partial charge in [0.1, 0.15) is 19.3 Å². The first-order chi connectivity index (χ1) is 49.7. The molecule has 0 aromatic carbocycles. The van der Waals surface area contributed by atoms with Gasteiger partial charge in [0.15, 0.2) is 12.2 Å². The third-order valence-corrected chi connectivity index (χ3v) is 18.0. The standard InChI is InChI=1S/C83H140O17P2/c1-5-9-13-17-21-25-29-32-35-37-38-40-42-45-49-52-56-60-64-68-81(86)94-74-79(100-83(88)70-66-62-58-54-50-46-43-39-36-33-30-26-22-18-14-10-6-2)76-98-102(91,92)96-72-77(84)71-95-101(89,90)97-75-78(99-82(87)69-65-61-57-53-47-28-24-20-16-12-8-4)73-93-80(85)67-63-59-55-51-48-44-41-34-31-27-23-19-15-11-7-3/h9-10,13-14,21-23,25-27,32-36,38,40-41,43,45-46,49,77-79,84H,5-8,11-12,15-20,24,28-31,37,39,42,44,47-48,50-76H2,1-4H3,(H,89,90)(H,91,92)/b13-9-,14-10-,25-21-,26-22-,27-23-,35-32-,36-33-,40-38-,41-34-,46-43-,49-45-. The zero-order valence-electron chi connectivity index (χ0n) is 63.7. The van der Waals surface area contributed by atoms with Gasteiger partial charge in [-0.1, -0.05) is 277 Å². The van der Waals surface area contributed by atoms with E-state index in [-0.39, 0.29) is 25.7 Å². The summed E-state index contributed by atoms with van der Waals surface area (Å²) in [7, 11) is -9.98. The van der Waals surface area contributed by atoms with E-state index in [1.807, 2.05) is 0 Å². The van der Waals surface area contributed by atoms with Crippen molar-refractivity contribution in [1.82, 2.24) is 0 Å². The van der Waals surface area contributed by atoms with Crippen molar-refractivity contribution in [3.63, 3.8) is 0 Å². The maximum atomic E-state index is 13.1. The fourth-order valence-corrected chi connectivity index (χ4v) is 11.7. The zero-order chi connectivity index (χ0) is 74.6. The van der Waals surface area contributed by atoms with Crippen LogP contribution in [0.5, 0.6) is 0 Å². The van der Waals surface area contributed by atoms with Crippen molar-refractivity contribution < 1.29 is 80.2 Å². The number of carbonyl (C=O) groups is 4. The molecule has 0 aliphatic rings. The highest BCUT2D eigenvalue weighted by Crippen LogP contribution is 2.45. The molecule has 0 fully saturated rings. The predicted octanol–water partition coefficient (Wildman–Crippen LogP) is 22.9. The van der Waals surface area contributed by atoms with Gasteiger partial charge in [-0.3, -0.25) is 37.3 Å². The molecule has 19 heteroatoms. The Hall–Kier alpha value is -4.80. The highest BCUT2D eigenvalue weighted by molar-refractivity contribution is 7.47. The van der Waals surface area contributed by atoms with Crippen LogP contribution in [-0.4, -0.2) is 96.7 Å². The Labute approximate surface area is 618 Å². The van der Waals surface area contributed by atoms with Gasteiger partial charge >= 0.3 is 39.5 Å². The number of hydrogen-bond acceptors (Lipinski definition) is 15. The van der Waals surface area contributed by atoms with Crippen LogP contribution in [0, 0.1) is 0 Å². The predicted molar refractivity (Wildman–Crippen MR) is 418 cm³/mol. The molecule has 0 aromatic heterocycles. The lowest BCUT2D eigenvalue weighted by atomic mass is 10.1. The van der Waals surface area contributed by atoms with Crippen molar-refractivity contribution in [3.8, 4) is 0 Å². The van der Waals surface area contributed by atoms with Gasteiger partial charge in [0.2, 0.25) is 0 Å². The Kier molecular flexibility index (Phi) is 71.0. The van der Waals surface area contributed by atoms with Gasteiger partial charge in [0.25, 0.3) is 0 Å². The van der Waals surface area contributed by atoms with Crippen LogP contribution < -0.4 is 0 Å². The van der Waals surface area contributed by atoms with Crippen molar-refractivity contribution in [2.75, 3.05) is 39.6 Å². The molecule has 0 aliphatic heterocycles. The molecule has 584 valence electrons. The Morgan fingerprint density at radius 2 is 0.510 bits per heavy atom. The number of phosphoric acid groups is 2. The summed E-state index contributed by atoms with van der Waals surface area (Å²) in [6, 6.07) is 0. The van der Waals surface area contributed by atoms with E-state index in [0.29, 0.717) is 25.7 Å². The first-order valence-corrected chi connectivity index (χ1v) is 42.4. The Balaban J connectivity index is 5.41. The van der Waals surface area contributed by atoms with Gasteiger partial charge in [0.05, 0.1) is 26.4 Å². The minimum Gasteiger partial charge on any atom is -0.462 e. The number of esters is 4. The molecule has 5 atom stereocenters. The van der Waals surface area contributed by atoms with Crippen molar-refractivity contribution in [2.24, 2.45) is 0 Å². The van der Waals surface area contributed by atoms with Crippen LogP contribution in [0.1, 0.15) is 310 Å². The average molecular weight is 1470 g/mol. The molecule has 0 aliphatic carbocycles. The number of hydrogen-bond donors (Lipinski definition) is 3. The number of ether oxygens (including phenoxy) is 4. The van der Waals surface area contributed by atoms with Gasteiger partial charge in [-0.2, -0.15) is 0 Å². The fourth-order valence-electron chi connectivity index (χ4n) is 10.1. The number of allylic oxidation sites excluding steroid dienone is 22. The molecular formula is C83H140O17P2. The summed E-state index contributed by atoms with van der Waals surface area (Å²) in [6.07, 6.45) is 82.9. The van der Waals surface area contributed by atoms with E-state index in [2.05, 4.69) is 161 Å². The molecule has 0 aromatic rings. The third-order valence-electron chi connectivity index (χ3n) is 16.1. The van der Waals surface area contributed by atoms with Crippen molar-refractivity contribution in [2.45, 2.75) is 329 Å². The number of rotatable bonds is 73. The van der Waals surface area contributed by atoms with E-state index >= 15 is 0 Å². The van der Waals surface area contributed by atoms with Crippen molar-refractivity contribution in [1.29, 1.82) is 0 Å². The molecule has 0 spiro atoms.